The van der Waals surface area contributed by atoms with E-state index in [0.29, 0.717) is 12.0 Å². The van der Waals surface area contributed by atoms with E-state index in [4.69, 9.17) is 9.47 Å². The normalized spacial score (nSPS) is 29.0. The standard InChI is InChI=1S/C23H27NO2/c1-2-7-17(8-3-1)22-18(11-14-25-22)16-24-20-15-23(12-6-13-23)26-21-10-5-4-9-19(20)21/h1-5,7-10,18,20,22,24H,6,11-16H2/t18-,20?,22-/m0/s1. The maximum absolute atomic E-state index is 6.38. The Bertz CT molecular complexity index is 756. The van der Waals surface area contributed by atoms with Gasteiger partial charge in [-0.2, -0.15) is 0 Å². The Morgan fingerprint density at radius 3 is 2.62 bits per heavy atom. The largest absolute Gasteiger partial charge is 0.487 e. The van der Waals surface area contributed by atoms with Crippen LogP contribution in [0.5, 0.6) is 5.75 Å². The monoisotopic (exact) mass is 349 g/mol. The Hall–Kier alpha value is -1.84. The molecule has 1 aliphatic carbocycles. The molecular formula is C23H27NO2. The van der Waals surface area contributed by atoms with Crippen molar-refractivity contribution in [3.8, 4) is 5.75 Å². The summed E-state index contributed by atoms with van der Waals surface area (Å²) in [5, 5.41) is 3.88. The minimum Gasteiger partial charge on any atom is -0.487 e. The summed E-state index contributed by atoms with van der Waals surface area (Å²) in [6.45, 7) is 1.86. The van der Waals surface area contributed by atoms with E-state index in [0.717, 1.165) is 31.7 Å². The summed E-state index contributed by atoms with van der Waals surface area (Å²) < 4.78 is 12.5. The fraction of sp³-hybridized carbons (Fsp3) is 0.478. The van der Waals surface area contributed by atoms with Gasteiger partial charge in [-0.25, -0.2) is 0 Å². The van der Waals surface area contributed by atoms with E-state index in [1.165, 1.54) is 30.4 Å². The fourth-order valence-electron chi connectivity index (χ4n) is 4.83. The second-order valence-corrected chi connectivity index (χ2v) is 8.09. The molecule has 1 unspecified atom stereocenters. The van der Waals surface area contributed by atoms with Gasteiger partial charge in [0.15, 0.2) is 0 Å². The molecule has 5 rings (SSSR count). The molecule has 1 saturated heterocycles. The first-order valence-corrected chi connectivity index (χ1v) is 10.0. The van der Waals surface area contributed by atoms with Crippen LogP contribution in [0.15, 0.2) is 54.6 Å². The molecule has 1 saturated carbocycles. The first-order chi connectivity index (χ1) is 12.8. The number of benzene rings is 2. The van der Waals surface area contributed by atoms with Crippen molar-refractivity contribution in [3.05, 3.63) is 65.7 Å². The molecule has 0 radical (unpaired) electrons. The van der Waals surface area contributed by atoms with Gasteiger partial charge in [0.25, 0.3) is 0 Å². The molecule has 0 aromatic heterocycles. The molecule has 3 heteroatoms. The highest BCUT2D eigenvalue weighted by atomic mass is 16.5. The van der Waals surface area contributed by atoms with E-state index in [1.807, 2.05) is 0 Å². The van der Waals surface area contributed by atoms with Gasteiger partial charge >= 0.3 is 0 Å². The molecule has 0 amide bonds. The van der Waals surface area contributed by atoms with Crippen molar-refractivity contribution in [3.63, 3.8) is 0 Å². The van der Waals surface area contributed by atoms with E-state index >= 15 is 0 Å². The van der Waals surface area contributed by atoms with Crippen LogP contribution in [-0.2, 0) is 4.74 Å². The molecule has 2 aromatic rings. The van der Waals surface area contributed by atoms with Gasteiger partial charge in [-0.3, -0.25) is 0 Å². The third-order valence-electron chi connectivity index (χ3n) is 6.43. The quantitative estimate of drug-likeness (QED) is 0.860. The Kier molecular flexibility index (Phi) is 4.22. The molecule has 2 aliphatic heterocycles. The topological polar surface area (TPSA) is 30.5 Å². The van der Waals surface area contributed by atoms with Crippen LogP contribution < -0.4 is 10.1 Å². The van der Waals surface area contributed by atoms with Gasteiger partial charge in [0, 0.05) is 37.1 Å². The van der Waals surface area contributed by atoms with Crippen molar-refractivity contribution >= 4 is 0 Å². The minimum absolute atomic E-state index is 0.0804. The summed E-state index contributed by atoms with van der Waals surface area (Å²) in [4.78, 5) is 0. The molecule has 0 bridgehead atoms. The average Bonchev–Trinajstić information content (AvgIpc) is 3.14. The predicted octanol–water partition coefficient (Wildman–Crippen LogP) is 4.80. The molecular weight excluding hydrogens is 322 g/mol. The number of fused-ring (bicyclic) bond motifs is 1. The zero-order valence-corrected chi connectivity index (χ0v) is 15.2. The van der Waals surface area contributed by atoms with E-state index in [9.17, 15) is 0 Å². The summed E-state index contributed by atoms with van der Waals surface area (Å²) in [6.07, 6.45) is 6.12. The van der Waals surface area contributed by atoms with E-state index in [1.54, 1.807) is 0 Å². The molecule has 2 fully saturated rings. The third kappa shape index (κ3) is 2.93. The van der Waals surface area contributed by atoms with Crippen molar-refractivity contribution in [2.45, 2.75) is 49.9 Å². The number of rotatable bonds is 4. The van der Waals surface area contributed by atoms with Gasteiger partial charge in [-0.1, -0.05) is 48.5 Å². The highest BCUT2D eigenvalue weighted by molar-refractivity contribution is 5.39. The van der Waals surface area contributed by atoms with Crippen LogP contribution in [-0.4, -0.2) is 18.8 Å². The lowest BCUT2D eigenvalue weighted by Crippen LogP contribution is -2.49. The van der Waals surface area contributed by atoms with Crippen molar-refractivity contribution < 1.29 is 9.47 Å². The second-order valence-electron chi connectivity index (χ2n) is 8.09. The van der Waals surface area contributed by atoms with Crippen LogP contribution in [0.25, 0.3) is 0 Å². The summed E-state index contributed by atoms with van der Waals surface area (Å²) in [5.74, 6) is 1.61. The summed E-state index contributed by atoms with van der Waals surface area (Å²) >= 11 is 0. The molecule has 1 spiro atoms. The Balaban J connectivity index is 1.31. The van der Waals surface area contributed by atoms with Gasteiger partial charge in [0.05, 0.1) is 6.10 Å². The minimum atomic E-state index is 0.0804. The lowest BCUT2D eigenvalue weighted by Gasteiger charge is -2.48. The Morgan fingerprint density at radius 2 is 1.81 bits per heavy atom. The molecule has 3 nitrogen and oxygen atoms in total. The zero-order valence-electron chi connectivity index (χ0n) is 15.2. The number of nitrogens with one attached hydrogen (secondary N) is 1. The number of hydrogen-bond donors (Lipinski definition) is 1. The lowest BCUT2D eigenvalue weighted by atomic mass is 9.73. The fourth-order valence-corrected chi connectivity index (χ4v) is 4.83. The third-order valence-corrected chi connectivity index (χ3v) is 6.43. The van der Waals surface area contributed by atoms with Crippen LogP contribution in [0.2, 0.25) is 0 Å². The van der Waals surface area contributed by atoms with Gasteiger partial charge in [-0.15, -0.1) is 0 Å². The molecule has 2 aromatic carbocycles. The SMILES string of the molecule is c1ccc([C@@H]2OCC[C@H]2CNC2CC3(CCC3)Oc3ccccc32)cc1. The van der Waals surface area contributed by atoms with E-state index < -0.39 is 0 Å². The van der Waals surface area contributed by atoms with E-state index in [-0.39, 0.29) is 11.7 Å². The van der Waals surface area contributed by atoms with Crippen molar-refractivity contribution in [2.24, 2.45) is 5.92 Å². The predicted molar refractivity (Wildman–Crippen MR) is 102 cm³/mol. The Morgan fingerprint density at radius 1 is 1.00 bits per heavy atom. The second kappa shape index (κ2) is 6.71. The summed E-state index contributed by atoms with van der Waals surface area (Å²) in [6, 6.07) is 19.6. The van der Waals surface area contributed by atoms with Crippen LogP contribution >= 0.6 is 0 Å². The van der Waals surface area contributed by atoms with Gasteiger partial charge in [-0.05, 0) is 37.3 Å². The summed E-state index contributed by atoms with van der Waals surface area (Å²) in [5.41, 5.74) is 2.71. The molecule has 2 heterocycles. The molecule has 1 N–H and O–H groups in total. The first kappa shape index (κ1) is 16.3. The van der Waals surface area contributed by atoms with Crippen molar-refractivity contribution in [1.29, 1.82) is 0 Å². The van der Waals surface area contributed by atoms with Gasteiger partial charge in [0.2, 0.25) is 0 Å². The van der Waals surface area contributed by atoms with Gasteiger partial charge < -0.3 is 14.8 Å². The molecule has 136 valence electrons. The van der Waals surface area contributed by atoms with Crippen LogP contribution in [0.3, 0.4) is 0 Å². The zero-order chi connectivity index (χ0) is 17.4. The molecule has 3 atom stereocenters. The Labute approximate surface area is 155 Å². The molecule has 26 heavy (non-hydrogen) atoms. The van der Waals surface area contributed by atoms with Crippen LogP contribution in [0.4, 0.5) is 0 Å². The smallest absolute Gasteiger partial charge is 0.124 e. The van der Waals surface area contributed by atoms with Crippen LogP contribution in [0, 0.1) is 5.92 Å². The lowest BCUT2D eigenvalue weighted by molar-refractivity contribution is -0.0375. The van der Waals surface area contributed by atoms with Crippen molar-refractivity contribution in [1.82, 2.24) is 5.32 Å². The van der Waals surface area contributed by atoms with Crippen molar-refractivity contribution in [2.75, 3.05) is 13.2 Å². The number of ether oxygens (including phenoxy) is 2. The highest BCUT2D eigenvalue weighted by Crippen LogP contribution is 2.49. The molecule has 3 aliphatic rings. The summed E-state index contributed by atoms with van der Waals surface area (Å²) in [7, 11) is 0. The number of hydrogen-bond acceptors (Lipinski definition) is 3. The van der Waals surface area contributed by atoms with Gasteiger partial charge in [0.1, 0.15) is 11.4 Å². The number of para-hydroxylation sites is 1. The van der Waals surface area contributed by atoms with Crippen LogP contribution in [0.1, 0.15) is 55.4 Å². The maximum atomic E-state index is 6.38. The average molecular weight is 349 g/mol. The highest BCUT2D eigenvalue weighted by Gasteiger charge is 2.45. The van der Waals surface area contributed by atoms with E-state index in [2.05, 4.69) is 59.9 Å². The first-order valence-electron chi connectivity index (χ1n) is 10.0. The maximum Gasteiger partial charge on any atom is 0.124 e.